The topological polar surface area (TPSA) is 82.1 Å². The molecular weight excluding hydrogens is 331 g/mol. The molecule has 3 rings (SSSR count). The molecule has 0 fully saturated rings. The monoisotopic (exact) mass is 348 g/mol. The van der Waals surface area contributed by atoms with Crippen LogP contribution in [0.3, 0.4) is 0 Å². The SMILES string of the molecule is COc1ccc(S(=O)(=O)Cc2ccc3c(c2)B(O)OC3)cc1OC. The average molecular weight is 348 g/mol. The van der Waals surface area contributed by atoms with E-state index in [2.05, 4.69) is 0 Å². The first-order valence-corrected chi connectivity index (χ1v) is 8.96. The molecule has 0 amide bonds. The van der Waals surface area contributed by atoms with Gasteiger partial charge >= 0.3 is 7.12 Å². The van der Waals surface area contributed by atoms with Crippen molar-refractivity contribution in [3.8, 4) is 11.5 Å². The quantitative estimate of drug-likeness (QED) is 0.809. The average Bonchev–Trinajstić information content (AvgIpc) is 2.94. The molecule has 0 unspecified atom stereocenters. The van der Waals surface area contributed by atoms with Crippen molar-refractivity contribution >= 4 is 22.4 Å². The van der Waals surface area contributed by atoms with Gasteiger partial charge in [-0.15, -0.1) is 0 Å². The molecule has 2 aromatic carbocycles. The van der Waals surface area contributed by atoms with Gasteiger partial charge in [0.25, 0.3) is 0 Å². The van der Waals surface area contributed by atoms with Gasteiger partial charge in [0, 0.05) is 6.07 Å². The first-order valence-electron chi connectivity index (χ1n) is 7.31. The van der Waals surface area contributed by atoms with Crippen LogP contribution in [0.15, 0.2) is 41.3 Å². The van der Waals surface area contributed by atoms with Gasteiger partial charge in [-0.2, -0.15) is 0 Å². The molecule has 0 saturated heterocycles. The number of sulfone groups is 1. The highest BCUT2D eigenvalue weighted by molar-refractivity contribution is 7.90. The lowest BCUT2D eigenvalue weighted by atomic mass is 9.79. The van der Waals surface area contributed by atoms with E-state index in [1.807, 2.05) is 0 Å². The lowest BCUT2D eigenvalue weighted by Crippen LogP contribution is -2.28. The summed E-state index contributed by atoms with van der Waals surface area (Å²) < 4.78 is 40.7. The second kappa shape index (κ2) is 6.47. The van der Waals surface area contributed by atoms with E-state index in [9.17, 15) is 13.4 Å². The minimum absolute atomic E-state index is 0.150. The van der Waals surface area contributed by atoms with Crippen molar-refractivity contribution in [2.24, 2.45) is 0 Å². The third-order valence-electron chi connectivity index (χ3n) is 3.94. The summed E-state index contributed by atoms with van der Waals surface area (Å²) in [5.74, 6) is 0.647. The Morgan fingerprint density at radius 3 is 2.58 bits per heavy atom. The smallest absolute Gasteiger partial charge is 0.491 e. The van der Waals surface area contributed by atoms with Gasteiger partial charge in [-0.05, 0) is 28.7 Å². The van der Waals surface area contributed by atoms with E-state index in [0.717, 1.165) is 5.56 Å². The maximum atomic E-state index is 12.7. The van der Waals surface area contributed by atoms with Gasteiger partial charge in [0.1, 0.15) is 0 Å². The molecule has 0 spiro atoms. The first kappa shape index (κ1) is 16.8. The van der Waals surface area contributed by atoms with Crippen LogP contribution in [0, 0.1) is 0 Å². The molecule has 126 valence electrons. The van der Waals surface area contributed by atoms with Crippen molar-refractivity contribution < 1.29 is 27.6 Å². The van der Waals surface area contributed by atoms with Crippen molar-refractivity contribution in [2.75, 3.05) is 14.2 Å². The molecule has 1 aliphatic heterocycles. The Balaban J connectivity index is 1.91. The van der Waals surface area contributed by atoms with Crippen molar-refractivity contribution in [1.29, 1.82) is 0 Å². The van der Waals surface area contributed by atoms with Crippen LogP contribution in [-0.4, -0.2) is 34.8 Å². The molecule has 1 heterocycles. The molecule has 0 atom stereocenters. The van der Waals surface area contributed by atoms with Crippen LogP contribution in [0.25, 0.3) is 0 Å². The zero-order chi connectivity index (χ0) is 17.3. The summed E-state index contributed by atoms with van der Waals surface area (Å²) in [4.78, 5) is 0.150. The van der Waals surface area contributed by atoms with Gasteiger partial charge in [0.05, 0.1) is 31.5 Å². The molecule has 8 heteroatoms. The van der Waals surface area contributed by atoms with Gasteiger partial charge in [-0.3, -0.25) is 0 Å². The predicted octanol–water partition coefficient (Wildman–Crippen LogP) is 0.895. The normalized spacial score (nSPS) is 13.7. The number of hydrogen-bond acceptors (Lipinski definition) is 6. The summed E-state index contributed by atoms with van der Waals surface area (Å²) in [6.45, 7) is 0.333. The lowest BCUT2D eigenvalue weighted by molar-refractivity contribution is 0.275. The van der Waals surface area contributed by atoms with Crippen LogP contribution in [0.2, 0.25) is 0 Å². The summed E-state index contributed by atoms with van der Waals surface area (Å²) in [5, 5.41) is 9.75. The molecule has 0 aliphatic carbocycles. The molecule has 0 saturated carbocycles. The maximum absolute atomic E-state index is 12.7. The molecule has 1 N–H and O–H groups in total. The first-order chi connectivity index (χ1) is 11.4. The van der Waals surface area contributed by atoms with Gasteiger partial charge in [0.2, 0.25) is 0 Å². The number of ether oxygens (including phenoxy) is 2. The highest BCUT2D eigenvalue weighted by atomic mass is 32.2. The Kier molecular flexibility index (Phi) is 4.53. The highest BCUT2D eigenvalue weighted by Gasteiger charge is 2.28. The van der Waals surface area contributed by atoms with E-state index in [1.54, 1.807) is 24.3 Å². The van der Waals surface area contributed by atoms with Crippen molar-refractivity contribution in [3.63, 3.8) is 0 Å². The Hall–Kier alpha value is -2.03. The second-order valence-electron chi connectivity index (χ2n) is 5.47. The van der Waals surface area contributed by atoms with E-state index >= 15 is 0 Å². The standard InChI is InChI=1S/C16H17BO6S/c1-21-15-6-5-13(8-16(15)22-2)24(19,20)10-11-3-4-12-9-23-17(18)14(12)7-11/h3-8,18H,9-10H2,1-2H3. The lowest BCUT2D eigenvalue weighted by Gasteiger charge is -2.11. The van der Waals surface area contributed by atoms with E-state index in [1.165, 1.54) is 26.4 Å². The number of hydrogen-bond donors (Lipinski definition) is 1. The van der Waals surface area contributed by atoms with Gasteiger partial charge in [0.15, 0.2) is 21.3 Å². The zero-order valence-electron chi connectivity index (χ0n) is 13.4. The molecule has 1 aliphatic rings. The highest BCUT2D eigenvalue weighted by Crippen LogP contribution is 2.30. The minimum Gasteiger partial charge on any atom is -0.493 e. The molecular formula is C16H17BO6S. The van der Waals surface area contributed by atoms with Crippen LogP contribution in [-0.2, 0) is 26.9 Å². The summed E-state index contributed by atoms with van der Waals surface area (Å²) in [7, 11) is -1.62. The van der Waals surface area contributed by atoms with E-state index in [-0.39, 0.29) is 10.6 Å². The summed E-state index contributed by atoms with van der Waals surface area (Å²) in [6.07, 6.45) is 0. The number of benzene rings is 2. The van der Waals surface area contributed by atoms with Crippen LogP contribution in [0.4, 0.5) is 0 Å². The predicted molar refractivity (Wildman–Crippen MR) is 89.3 cm³/mol. The van der Waals surface area contributed by atoms with Crippen molar-refractivity contribution in [3.05, 3.63) is 47.5 Å². The third kappa shape index (κ3) is 3.12. The van der Waals surface area contributed by atoms with Gasteiger partial charge in [-0.1, -0.05) is 18.2 Å². The van der Waals surface area contributed by atoms with Gasteiger partial charge < -0.3 is 19.2 Å². The van der Waals surface area contributed by atoms with Crippen molar-refractivity contribution in [2.45, 2.75) is 17.3 Å². The fourth-order valence-corrected chi connectivity index (χ4v) is 4.01. The Labute approximate surface area is 141 Å². The minimum atomic E-state index is -3.56. The van der Waals surface area contributed by atoms with E-state index < -0.39 is 17.0 Å². The largest absolute Gasteiger partial charge is 0.493 e. The van der Waals surface area contributed by atoms with Crippen LogP contribution in [0.5, 0.6) is 11.5 Å². The molecule has 0 radical (unpaired) electrons. The number of rotatable bonds is 5. The Morgan fingerprint density at radius 1 is 1.12 bits per heavy atom. The number of methoxy groups -OCH3 is 2. The third-order valence-corrected chi connectivity index (χ3v) is 5.63. The number of fused-ring (bicyclic) bond motifs is 1. The summed E-state index contributed by atoms with van der Waals surface area (Å²) in [5.41, 5.74) is 2.08. The van der Waals surface area contributed by atoms with E-state index in [4.69, 9.17) is 14.1 Å². The maximum Gasteiger partial charge on any atom is 0.491 e. The summed E-state index contributed by atoms with van der Waals surface area (Å²) in [6, 6.07) is 9.68. The summed E-state index contributed by atoms with van der Waals surface area (Å²) >= 11 is 0. The van der Waals surface area contributed by atoms with Crippen LogP contribution >= 0.6 is 0 Å². The zero-order valence-corrected chi connectivity index (χ0v) is 14.2. The molecule has 24 heavy (non-hydrogen) atoms. The molecule has 6 nitrogen and oxygen atoms in total. The second-order valence-corrected chi connectivity index (χ2v) is 7.46. The molecule has 2 aromatic rings. The van der Waals surface area contributed by atoms with Gasteiger partial charge in [-0.25, -0.2) is 8.42 Å². The fourth-order valence-electron chi connectivity index (χ4n) is 2.67. The van der Waals surface area contributed by atoms with E-state index in [0.29, 0.717) is 29.1 Å². The fraction of sp³-hybridized carbons (Fsp3) is 0.250. The van der Waals surface area contributed by atoms with Crippen molar-refractivity contribution in [1.82, 2.24) is 0 Å². The molecule has 0 bridgehead atoms. The van der Waals surface area contributed by atoms with Crippen LogP contribution < -0.4 is 14.9 Å². The Morgan fingerprint density at radius 2 is 1.88 bits per heavy atom. The molecule has 0 aromatic heterocycles. The Bertz CT molecular complexity index is 865. The van der Waals surface area contributed by atoms with Crippen LogP contribution in [0.1, 0.15) is 11.1 Å².